The van der Waals surface area contributed by atoms with Crippen molar-refractivity contribution in [3.05, 3.63) is 34.6 Å². The predicted octanol–water partition coefficient (Wildman–Crippen LogP) is 2.05. The second kappa shape index (κ2) is 6.83. The first kappa shape index (κ1) is 15.7. The molecule has 1 aliphatic rings. The fourth-order valence-corrected chi connectivity index (χ4v) is 2.87. The SMILES string of the molecule is COC1(C(Cc2ccc(Cl)cc2F)NN)CCOCC1. The first-order valence-electron chi connectivity index (χ1n) is 6.64. The highest BCUT2D eigenvalue weighted by molar-refractivity contribution is 6.30. The van der Waals surface area contributed by atoms with Crippen LogP contribution in [-0.4, -0.2) is 32.0 Å². The monoisotopic (exact) mass is 302 g/mol. The number of hydrazine groups is 1. The summed E-state index contributed by atoms with van der Waals surface area (Å²) in [6.45, 7) is 1.24. The molecule has 2 rings (SSSR count). The minimum absolute atomic E-state index is 0.188. The molecular weight excluding hydrogens is 283 g/mol. The minimum Gasteiger partial charge on any atom is -0.381 e. The Morgan fingerprint density at radius 2 is 2.20 bits per heavy atom. The number of hydrogen-bond acceptors (Lipinski definition) is 4. The third-order valence-electron chi connectivity index (χ3n) is 4.02. The highest BCUT2D eigenvalue weighted by atomic mass is 35.5. The molecule has 1 saturated heterocycles. The van der Waals surface area contributed by atoms with Crippen molar-refractivity contribution in [2.24, 2.45) is 5.84 Å². The maximum atomic E-state index is 13.9. The molecule has 0 aromatic heterocycles. The van der Waals surface area contributed by atoms with Crippen LogP contribution in [0, 0.1) is 5.82 Å². The molecule has 0 saturated carbocycles. The van der Waals surface area contributed by atoms with Crippen LogP contribution in [0.5, 0.6) is 0 Å². The van der Waals surface area contributed by atoms with Crippen LogP contribution in [0.25, 0.3) is 0 Å². The lowest BCUT2D eigenvalue weighted by Crippen LogP contribution is -2.58. The van der Waals surface area contributed by atoms with Crippen LogP contribution in [0.15, 0.2) is 18.2 Å². The van der Waals surface area contributed by atoms with Crippen LogP contribution < -0.4 is 11.3 Å². The maximum Gasteiger partial charge on any atom is 0.127 e. The Morgan fingerprint density at radius 1 is 1.50 bits per heavy atom. The summed E-state index contributed by atoms with van der Waals surface area (Å²) >= 11 is 5.77. The van der Waals surface area contributed by atoms with Crippen LogP contribution in [-0.2, 0) is 15.9 Å². The fraction of sp³-hybridized carbons (Fsp3) is 0.571. The molecular formula is C14H20ClFN2O2. The van der Waals surface area contributed by atoms with Crippen molar-refractivity contribution in [3.63, 3.8) is 0 Å². The number of methoxy groups -OCH3 is 1. The molecule has 0 aliphatic carbocycles. The summed E-state index contributed by atoms with van der Waals surface area (Å²) in [7, 11) is 1.66. The first-order valence-corrected chi connectivity index (χ1v) is 7.02. The van der Waals surface area contributed by atoms with E-state index in [2.05, 4.69) is 5.43 Å². The zero-order valence-corrected chi connectivity index (χ0v) is 12.3. The average Bonchev–Trinajstić information content (AvgIpc) is 2.47. The van der Waals surface area contributed by atoms with E-state index in [1.54, 1.807) is 19.2 Å². The van der Waals surface area contributed by atoms with Gasteiger partial charge in [-0.05, 0) is 24.1 Å². The van der Waals surface area contributed by atoms with E-state index in [0.717, 1.165) is 12.8 Å². The van der Waals surface area contributed by atoms with Crippen LogP contribution in [0.3, 0.4) is 0 Å². The van der Waals surface area contributed by atoms with E-state index >= 15 is 0 Å². The Morgan fingerprint density at radius 3 is 2.75 bits per heavy atom. The normalized spacial score (nSPS) is 19.8. The van der Waals surface area contributed by atoms with Crippen molar-refractivity contribution < 1.29 is 13.9 Å². The summed E-state index contributed by atoms with van der Waals surface area (Å²) < 4.78 is 25.0. The Hall–Kier alpha value is -0.720. The van der Waals surface area contributed by atoms with E-state index in [0.29, 0.717) is 30.2 Å². The Labute approximate surface area is 123 Å². The zero-order chi connectivity index (χ0) is 14.6. The lowest BCUT2D eigenvalue weighted by atomic mass is 9.83. The van der Waals surface area contributed by atoms with Gasteiger partial charge in [-0.25, -0.2) is 4.39 Å². The molecule has 4 nitrogen and oxygen atoms in total. The number of benzene rings is 1. The number of nitrogens with one attached hydrogen (secondary N) is 1. The molecule has 1 aromatic carbocycles. The van der Waals surface area contributed by atoms with Crippen LogP contribution >= 0.6 is 11.6 Å². The molecule has 3 N–H and O–H groups in total. The van der Waals surface area contributed by atoms with E-state index in [4.69, 9.17) is 26.9 Å². The van der Waals surface area contributed by atoms with Gasteiger partial charge in [-0.3, -0.25) is 11.3 Å². The Bertz CT molecular complexity index is 453. The van der Waals surface area contributed by atoms with Gasteiger partial charge < -0.3 is 9.47 Å². The molecule has 1 unspecified atom stereocenters. The lowest BCUT2D eigenvalue weighted by Gasteiger charge is -2.42. The molecule has 20 heavy (non-hydrogen) atoms. The molecule has 0 spiro atoms. The molecule has 0 bridgehead atoms. The van der Waals surface area contributed by atoms with Crippen molar-refractivity contribution in [1.29, 1.82) is 0 Å². The molecule has 1 atom stereocenters. The summed E-state index contributed by atoms with van der Waals surface area (Å²) in [5.74, 6) is 5.35. The molecule has 0 radical (unpaired) electrons. The average molecular weight is 303 g/mol. The third-order valence-corrected chi connectivity index (χ3v) is 4.26. The summed E-state index contributed by atoms with van der Waals surface area (Å²) in [4.78, 5) is 0. The second-order valence-corrected chi connectivity index (χ2v) is 5.48. The molecule has 0 amide bonds. The predicted molar refractivity (Wildman–Crippen MR) is 76.0 cm³/mol. The van der Waals surface area contributed by atoms with E-state index < -0.39 is 5.60 Å². The van der Waals surface area contributed by atoms with Gasteiger partial charge >= 0.3 is 0 Å². The largest absolute Gasteiger partial charge is 0.381 e. The van der Waals surface area contributed by atoms with Crippen LogP contribution in [0.1, 0.15) is 18.4 Å². The van der Waals surface area contributed by atoms with Gasteiger partial charge in [0.2, 0.25) is 0 Å². The van der Waals surface area contributed by atoms with Gasteiger partial charge in [0.05, 0.1) is 11.6 Å². The number of ether oxygens (including phenoxy) is 2. The van der Waals surface area contributed by atoms with Gasteiger partial charge in [-0.2, -0.15) is 0 Å². The third kappa shape index (κ3) is 3.30. The molecule has 112 valence electrons. The van der Waals surface area contributed by atoms with Crippen molar-refractivity contribution in [2.75, 3.05) is 20.3 Å². The summed E-state index contributed by atoms with van der Waals surface area (Å²) in [5, 5.41) is 0.385. The van der Waals surface area contributed by atoms with Gasteiger partial charge in [0.25, 0.3) is 0 Å². The Balaban J connectivity index is 2.18. The summed E-state index contributed by atoms with van der Waals surface area (Å²) in [5.41, 5.74) is 2.91. The molecule has 1 aliphatic heterocycles. The number of halogens is 2. The minimum atomic E-state index is -0.431. The van der Waals surface area contributed by atoms with Gasteiger partial charge in [0.1, 0.15) is 5.82 Å². The standard InChI is InChI=1S/C14H20ClFN2O2/c1-19-14(4-6-20-7-5-14)13(18-17)8-10-2-3-11(15)9-12(10)16/h2-3,9,13,18H,4-8,17H2,1H3. The van der Waals surface area contributed by atoms with E-state index in [1.165, 1.54) is 6.07 Å². The molecule has 6 heteroatoms. The van der Waals surface area contributed by atoms with Crippen molar-refractivity contribution >= 4 is 11.6 Å². The highest BCUT2D eigenvalue weighted by Gasteiger charge is 2.40. The summed E-state index contributed by atoms with van der Waals surface area (Å²) in [6.07, 6.45) is 1.90. The van der Waals surface area contributed by atoms with Crippen LogP contribution in [0.2, 0.25) is 5.02 Å². The maximum absolute atomic E-state index is 13.9. The molecule has 1 aromatic rings. The first-order chi connectivity index (χ1) is 9.61. The second-order valence-electron chi connectivity index (χ2n) is 5.04. The van der Waals surface area contributed by atoms with Gasteiger partial charge in [0.15, 0.2) is 0 Å². The van der Waals surface area contributed by atoms with E-state index in [1.807, 2.05) is 0 Å². The fourth-order valence-electron chi connectivity index (χ4n) is 2.72. The Kier molecular flexibility index (Phi) is 5.35. The molecule has 1 heterocycles. The van der Waals surface area contributed by atoms with Gasteiger partial charge in [-0.1, -0.05) is 17.7 Å². The quantitative estimate of drug-likeness (QED) is 0.646. The van der Waals surface area contributed by atoms with Crippen molar-refractivity contribution in [3.8, 4) is 0 Å². The van der Waals surface area contributed by atoms with Gasteiger partial charge in [-0.15, -0.1) is 0 Å². The van der Waals surface area contributed by atoms with Crippen LogP contribution in [0.4, 0.5) is 4.39 Å². The van der Waals surface area contributed by atoms with Crippen molar-refractivity contribution in [1.82, 2.24) is 5.43 Å². The summed E-state index contributed by atoms with van der Waals surface area (Å²) in [6, 6.07) is 4.49. The molecule has 1 fully saturated rings. The smallest absolute Gasteiger partial charge is 0.127 e. The zero-order valence-electron chi connectivity index (χ0n) is 11.5. The number of hydrogen-bond donors (Lipinski definition) is 2. The van der Waals surface area contributed by atoms with E-state index in [9.17, 15) is 4.39 Å². The number of rotatable bonds is 5. The van der Waals surface area contributed by atoms with E-state index in [-0.39, 0.29) is 11.9 Å². The van der Waals surface area contributed by atoms with Gasteiger partial charge in [0, 0.05) is 38.2 Å². The topological polar surface area (TPSA) is 56.5 Å². The van der Waals surface area contributed by atoms with Crippen molar-refractivity contribution in [2.45, 2.75) is 30.9 Å². The lowest BCUT2D eigenvalue weighted by molar-refractivity contribution is -0.110. The highest BCUT2D eigenvalue weighted by Crippen LogP contribution is 2.30. The number of nitrogens with two attached hydrogens (primary N) is 1.